The highest BCUT2D eigenvalue weighted by Gasteiger charge is 2.24. The van der Waals surface area contributed by atoms with Gasteiger partial charge >= 0.3 is 0 Å². The van der Waals surface area contributed by atoms with Gasteiger partial charge in [-0.25, -0.2) is 9.97 Å². The van der Waals surface area contributed by atoms with Gasteiger partial charge in [-0.2, -0.15) is 0 Å². The van der Waals surface area contributed by atoms with Crippen molar-refractivity contribution in [3.63, 3.8) is 0 Å². The Morgan fingerprint density at radius 1 is 0.969 bits per heavy atom. The van der Waals surface area contributed by atoms with Crippen molar-refractivity contribution in [1.82, 2.24) is 19.9 Å². The van der Waals surface area contributed by atoms with Crippen LogP contribution >= 0.6 is 0 Å². The first kappa shape index (κ1) is 20.7. The number of pyridine rings is 1. The maximum atomic E-state index is 9.68. The molecule has 0 bridgehead atoms. The van der Waals surface area contributed by atoms with E-state index in [0.717, 1.165) is 60.7 Å². The van der Waals surface area contributed by atoms with Crippen molar-refractivity contribution >= 4 is 10.8 Å². The number of rotatable bonds is 5. The van der Waals surface area contributed by atoms with Gasteiger partial charge in [0.1, 0.15) is 5.82 Å². The summed E-state index contributed by atoms with van der Waals surface area (Å²) in [5, 5.41) is 12.1. The Bertz CT molecular complexity index is 1200. The lowest BCUT2D eigenvalue weighted by molar-refractivity contribution is 0.108. The molecule has 5 heteroatoms. The van der Waals surface area contributed by atoms with Crippen LogP contribution in [0.3, 0.4) is 0 Å². The Morgan fingerprint density at radius 3 is 2.47 bits per heavy atom. The Labute approximate surface area is 188 Å². The lowest BCUT2D eigenvalue weighted by Gasteiger charge is -2.32. The molecule has 0 radical (unpaired) electrons. The van der Waals surface area contributed by atoms with Crippen LogP contribution in [0, 0.1) is 0 Å². The van der Waals surface area contributed by atoms with E-state index in [9.17, 15) is 5.11 Å². The number of nitrogens with zero attached hydrogens (tertiary/aromatic N) is 4. The van der Waals surface area contributed by atoms with Gasteiger partial charge in [-0.3, -0.25) is 4.98 Å². The van der Waals surface area contributed by atoms with Crippen LogP contribution < -0.4 is 0 Å². The number of aliphatic hydroxyl groups is 1. The first-order valence-electron chi connectivity index (χ1n) is 11.3. The largest absolute Gasteiger partial charge is 0.392 e. The van der Waals surface area contributed by atoms with Gasteiger partial charge in [0, 0.05) is 42.2 Å². The van der Waals surface area contributed by atoms with Crippen molar-refractivity contribution in [2.75, 3.05) is 19.6 Å². The number of benzene rings is 2. The molecule has 1 fully saturated rings. The van der Waals surface area contributed by atoms with Crippen LogP contribution in [0.4, 0.5) is 0 Å². The lowest BCUT2D eigenvalue weighted by atomic mass is 9.94. The standard InChI is InChI=1S/C27H28N4O/c1-19(32)18-31-14-10-22(11-15-31)27-29-17-25(26(30-27)21-8-12-28-13-9-21)24-7-6-20-4-2-3-5-23(20)16-24/h2-9,12-13,16-17,19,22,32H,10-11,14-15,18H2,1H3/t19-/m1/s1. The quantitative estimate of drug-likeness (QED) is 0.493. The van der Waals surface area contributed by atoms with Crippen molar-refractivity contribution < 1.29 is 5.11 Å². The van der Waals surface area contributed by atoms with E-state index in [1.54, 1.807) is 0 Å². The van der Waals surface area contributed by atoms with E-state index in [0.29, 0.717) is 5.92 Å². The summed E-state index contributed by atoms with van der Waals surface area (Å²) >= 11 is 0. The van der Waals surface area contributed by atoms with Crippen molar-refractivity contribution in [2.45, 2.75) is 31.8 Å². The molecule has 3 heterocycles. The molecule has 1 aliphatic rings. The molecule has 5 rings (SSSR count). The minimum absolute atomic E-state index is 0.290. The van der Waals surface area contributed by atoms with Crippen molar-refractivity contribution in [1.29, 1.82) is 0 Å². The van der Waals surface area contributed by atoms with Gasteiger partial charge in [0.2, 0.25) is 0 Å². The van der Waals surface area contributed by atoms with Crippen LogP contribution in [0.2, 0.25) is 0 Å². The van der Waals surface area contributed by atoms with Crippen molar-refractivity contribution in [3.05, 3.63) is 79.0 Å². The van der Waals surface area contributed by atoms with Crippen molar-refractivity contribution in [2.24, 2.45) is 0 Å². The fourth-order valence-electron chi connectivity index (χ4n) is 4.64. The minimum atomic E-state index is -0.290. The van der Waals surface area contributed by atoms with Crippen LogP contribution in [-0.2, 0) is 0 Å². The summed E-state index contributed by atoms with van der Waals surface area (Å²) in [6.07, 6.45) is 7.36. The maximum Gasteiger partial charge on any atom is 0.132 e. The summed E-state index contributed by atoms with van der Waals surface area (Å²) in [5.41, 5.74) is 4.17. The van der Waals surface area contributed by atoms with Crippen LogP contribution in [0.1, 0.15) is 31.5 Å². The Hall–Kier alpha value is -3.15. The van der Waals surface area contributed by atoms with Gasteiger partial charge in [-0.05, 0) is 67.4 Å². The molecule has 0 unspecified atom stereocenters. The molecule has 162 valence electrons. The number of aromatic nitrogens is 3. The number of likely N-dealkylation sites (tertiary alicyclic amines) is 1. The molecule has 32 heavy (non-hydrogen) atoms. The maximum absolute atomic E-state index is 9.68. The normalized spacial score (nSPS) is 16.3. The van der Waals surface area contributed by atoms with Crippen LogP contribution in [0.15, 0.2) is 73.2 Å². The SMILES string of the molecule is C[C@@H](O)CN1CCC(c2ncc(-c3ccc4ccccc4c3)c(-c3ccncc3)n2)CC1. The van der Waals surface area contributed by atoms with Crippen LogP contribution in [0.5, 0.6) is 0 Å². The molecular formula is C27H28N4O. The third kappa shape index (κ3) is 4.40. The number of piperidine rings is 1. The predicted molar refractivity (Wildman–Crippen MR) is 128 cm³/mol. The van der Waals surface area contributed by atoms with E-state index in [2.05, 4.69) is 52.3 Å². The van der Waals surface area contributed by atoms with Crippen LogP contribution in [-0.4, -0.2) is 50.7 Å². The molecule has 2 aromatic carbocycles. The van der Waals surface area contributed by atoms with E-state index in [1.807, 2.05) is 37.6 Å². The minimum Gasteiger partial charge on any atom is -0.392 e. The molecule has 1 atom stereocenters. The highest BCUT2D eigenvalue weighted by Crippen LogP contribution is 2.34. The van der Waals surface area contributed by atoms with Crippen molar-refractivity contribution in [3.8, 4) is 22.4 Å². The fourth-order valence-corrected chi connectivity index (χ4v) is 4.64. The summed E-state index contributed by atoms with van der Waals surface area (Å²) in [4.78, 5) is 16.5. The van der Waals surface area contributed by atoms with Gasteiger partial charge in [0.25, 0.3) is 0 Å². The summed E-state index contributed by atoms with van der Waals surface area (Å²) in [7, 11) is 0. The third-order valence-electron chi connectivity index (χ3n) is 6.30. The summed E-state index contributed by atoms with van der Waals surface area (Å²) in [6.45, 7) is 4.52. The average Bonchev–Trinajstić information content (AvgIpc) is 2.84. The molecule has 1 aliphatic heterocycles. The third-order valence-corrected chi connectivity index (χ3v) is 6.30. The molecular weight excluding hydrogens is 396 g/mol. The van der Waals surface area contributed by atoms with Gasteiger partial charge in [0.05, 0.1) is 11.8 Å². The van der Waals surface area contributed by atoms with E-state index < -0.39 is 0 Å². The molecule has 2 aromatic heterocycles. The van der Waals surface area contributed by atoms with Gasteiger partial charge in [0.15, 0.2) is 0 Å². The number of hydrogen-bond donors (Lipinski definition) is 1. The topological polar surface area (TPSA) is 62.1 Å². The first-order valence-corrected chi connectivity index (χ1v) is 11.3. The highest BCUT2D eigenvalue weighted by atomic mass is 16.3. The second kappa shape index (κ2) is 9.15. The number of aliphatic hydroxyl groups excluding tert-OH is 1. The second-order valence-corrected chi connectivity index (χ2v) is 8.71. The summed E-state index contributed by atoms with van der Waals surface area (Å²) in [6, 6.07) is 19.0. The Balaban J connectivity index is 1.51. The molecule has 4 aromatic rings. The smallest absolute Gasteiger partial charge is 0.132 e. The second-order valence-electron chi connectivity index (χ2n) is 8.71. The fraction of sp³-hybridized carbons (Fsp3) is 0.296. The number of β-amino-alcohol motifs (C(OH)–C–C–N with tert-alkyl or cyclic N) is 1. The van der Waals surface area contributed by atoms with Gasteiger partial charge in [-0.15, -0.1) is 0 Å². The monoisotopic (exact) mass is 424 g/mol. The van der Waals surface area contributed by atoms with Crippen LogP contribution in [0.25, 0.3) is 33.2 Å². The average molecular weight is 425 g/mol. The molecule has 5 nitrogen and oxygen atoms in total. The molecule has 0 aliphatic carbocycles. The molecule has 1 saturated heterocycles. The molecule has 1 N–H and O–H groups in total. The Kier molecular flexibility index (Phi) is 5.93. The molecule has 0 spiro atoms. The number of hydrogen-bond acceptors (Lipinski definition) is 5. The lowest BCUT2D eigenvalue weighted by Crippen LogP contribution is -2.37. The van der Waals surface area contributed by atoms with E-state index in [-0.39, 0.29) is 6.10 Å². The highest BCUT2D eigenvalue weighted by molar-refractivity contribution is 5.90. The van der Waals surface area contributed by atoms with Gasteiger partial charge in [-0.1, -0.05) is 36.4 Å². The van der Waals surface area contributed by atoms with Gasteiger partial charge < -0.3 is 10.0 Å². The predicted octanol–water partition coefficient (Wildman–Crippen LogP) is 4.92. The van der Waals surface area contributed by atoms with E-state index >= 15 is 0 Å². The summed E-state index contributed by atoms with van der Waals surface area (Å²) in [5.74, 6) is 1.25. The van der Waals surface area contributed by atoms with E-state index in [4.69, 9.17) is 9.97 Å². The zero-order chi connectivity index (χ0) is 21.9. The first-order chi connectivity index (χ1) is 15.7. The summed E-state index contributed by atoms with van der Waals surface area (Å²) < 4.78 is 0. The number of fused-ring (bicyclic) bond motifs is 1. The zero-order valence-corrected chi connectivity index (χ0v) is 18.4. The molecule has 0 amide bonds. The zero-order valence-electron chi connectivity index (χ0n) is 18.4. The molecule has 0 saturated carbocycles. The Morgan fingerprint density at radius 2 is 1.72 bits per heavy atom. The van der Waals surface area contributed by atoms with E-state index in [1.165, 1.54) is 10.8 Å².